The molecule has 0 saturated carbocycles. The number of alkyl halides is 3. The van der Waals surface area contributed by atoms with E-state index in [2.05, 4.69) is 10.4 Å². The number of benzene rings is 2. The van der Waals surface area contributed by atoms with E-state index < -0.39 is 47.8 Å². The van der Waals surface area contributed by atoms with Crippen molar-refractivity contribution in [1.82, 2.24) is 15.1 Å². The van der Waals surface area contributed by atoms with Gasteiger partial charge in [0.25, 0.3) is 5.91 Å². The first kappa shape index (κ1) is 21.8. The molecule has 0 aliphatic carbocycles. The van der Waals surface area contributed by atoms with Crippen molar-refractivity contribution in [2.45, 2.75) is 18.6 Å². The van der Waals surface area contributed by atoms with Crippen molar-refractivity contribution in [3.8, 4) is 11.6 Å². The minimum Gasteiger partial charge on any atom is -0.493 e. The zero-order valence-corrected chi connectivity index (χ0v) is 15.6. The Kier molecular flexibility index (Phi) is 5.95. The first-order chi connectivity index (χ1) is 14.6. The number of para-hydroxylation sites is 1. The van der Waals surface area contributed by atoms with Gasteiger partial charge in [-0.25, -0.2) is 4.39 Å². The van der Waals surface area contributed by atoms with Crippen molar-refractivity contribution in [1.29, 1.82) is 0 Å². The SMILES string of the molecule is O=C(O)C[C@H](NC(=O)c1cc(O)n(-c2ccccc2F)n1)c1ccc(C(F)(F)F)cc1. The number of carboxylic acid groups (broad SMARTS) is 1. The number of carboxylic acids is 1. The van der Waals surface area contributed by atoms with E-state index in [-0.39, 0.29) is 16.9 Å². The van der Waals surface area contributed by atoms with Gasteiger partial charge in [-0.3, -0.25) is 9.59 Å². The molecule has 1 aromatic heterocycles. The molecule has 0 radical (unpaired) electrons. The van der Waals surface area contributed by atoms with Crippen LogP contribution < -0.4 is 5.32 Å². The van der Waals surface area contributed by atoms with Crippen LogP contribution in [0.4, 0.5) is 17.6 Å². The second-order valence-corrected chi connectivity index (χ2v) is 6.49. The van der Waals surface area contributed by atoms with Crippen molar-refractivity contribution in [3.05, 3.63) is 77.2 Å². The molecule has 0 spiro atoms. The van der Waals surface area contributed by atoms with E-state index in [1.54, 1.807) is 0 Å². The van der Waals surface area contributed by atoms with Crippen LogP contribution in [0.2, 0.25) is 0 Å². The van der Waals surface area contributed by atoms with E-state index in [9.17, 15) is 32.3 Å². The van der Waals surface area contributed by atoms with Crippen LogP contribution in [0.15, 0.2) is 54.6 Å². The van der Waals surface area contributed by atoms with Crippen LogP contribution in [-0.4, -0.2) is 31.9 Å². The highest BCUT2D eigenvalue weighted by molar-refractivity contribution is 5.93. The third kappa shape index (κ3) is 5.00. The molecule has 0 aliphatic rings. The predicted molar refractivity (Wildman–Crippen MR) is 99.1 cm³/mol. The van der Waals surface area contributed by atoms with Gasteiger partial charge in [-0.05, 0) is 29.8 Å². The topological polar surface area (TPSA) is 104 Å². The largest absolute Gasteiger partial charge is 0.493 e. The summed E-state index contributed by atoms with van der Waals surface area (Å²) in [6, 6.07) is 8.81. The van der Waals surface area contributed by atoms with Crippen LogP contribution in [-0.2, 0) is 11.0 Å². The number of hydrogen-bond acceptors (Lipinski definition) is 4. The quantitative estimate of drug-likeness (QED) is 0.511. The third-order valence-electron chi connectivity index (χ3n) is 4.33. The zero-order chi connectivity index (χ0) is 22.8. The summed E-state index contributed by atoms with van der Waals surface area (Å²) < 4.78 is 53.0. The average Bonchev–Trinajstić information content (AvgIpc) is 3.08. The summed E-state index contributed by atoms with van der Waals surface area (Å²) in [5.41, 5.74) is -1.27. The molecule has 11 heteroatoms. The lowest BCUT2D eigenvalue weighted by Crippen LogP contribution is -2.30. The fourth-order valence-electron chi connectivity index (χ4n) is 2.85. The number of nitrogens with one attached hydrogen (secondary N) is 1. The molecule has 0 unspecified atom stereocenters. The number of rotatable bonds is 6. The lowest BCUT2D eigenvalue weighted by Gasteiger charge is -2.17. The standard InChI is InChI=1S/C20H15F4N3O4/c21-13-3-1-2-4-16(13)27-17(28)9-15(26-27)19(31)25-14(10-18(29)30)11-5-7-12(8-6-11)20(22,23)24/h1-9,14,28H,10H2,(H,25,31)(H,29,30)/t14-/m0/s1. The average molecular weight is 437 g/mol. The molecule has 2 aromatic carbocycles. The second kappa shape index (κ2) is 8.46. The Morgan fingerprint density at radius 2 is 1.74 bits per heavy atom. The summed E-state index contributed by atoms with van der Waals surface area (Å²) >= 11 is 0. The molecule has 3 N–H and O–H groups in total. The van der Waals surface area contributed by atoms with Gasteiger partial charge in [0.1, 0.15) is 11.5 Å². The molecule has 1 heterocycles. The van der Waals surface area contributed by atoms with Crippen molar-refractivity contribution in [2.75, 3.05) is 0 Å². The highest BCUT2D eigenvalue weighted by Crippen LogP contribution is 2.30. The molecule has 162 valence electrons. The number of aromatic hydroxyl groups is 1. The number of aliphatic carboxylic acids is 1. The van der Waals surface area contributed by atoms with Crippen molar-refractivity contribution < 1.29 is 37.4 Å². The summed E-state index contributed by atoms with van der Waals surface area (Å²) in [4.78, 5) is 23.7. The molecule has 0 saturated heterocycles. The normalized spacial score (nSPS) is 12.4. The molecule has 0 bridgehead atoms. The van der Waals surface area contributed by atoms with Crippen LogP contribution >= 0.6 is 0 Å². The molecular weight excluding hydrogens is 422 g/mol. The van der Waals surface area contributed by atoms with E-state index in [0.717, 1.165) is 41.1 Å². The van der Waals surface area contributed by atoms with Crippen molar-refractivity contribution >= 4 is 11.9 Å². The molecule has 3 rings (SSSR count). The maximum Gasteiger partial charge on any atom is 0.416 e. The number of halogens is 4. The van der Waals surface area contributed by atoms with Crippen LogP contribution in [0.3, 0.4) is 0 Å². The van der Waals surface area contributed by atoms with Crippen molar-refractivity contribution in [3.63, 3.8) is 0 Å². The third-order valence-corrected chi connectivity index (χ3v) is 4.33. The molecule has 0 fully saturated rings. The number of carbonyl (C=O) groups excluding carboxylic acids is 1. The minimum atomic E-state index is -4.57. The van der Waals surface area contributed by atoms with Crippen LogP contribution in [0, 0.1) is 5.82 Å². The van der Waals surface area contributed by atoms with Crippen LogP contribution in [0.25, 0.3) is 5.69 Å². The maximum absolute atomic E-state index is 13.9. The minimum absolute atomic E-state index is 0.121. The van der Waals surface area contributed by atoms with Gasteiger partial charge in [-0.1, -0.05) is 24.3 Å². The van der Waals surface area contributed by atoms with Gasteiger partial charge in [0.2, 0.25) is 5.88 Å². The molecule has 7 nitrogen and oxygen atoms in total. The number of hydrogen-bond donors (Lipinski definition) is 3. The van der Waals surface area contributed by atoms with E-state index in [0.29, 0.717) is 0 Å². The second-order valence-electron chi connectivity index (χ2n) is 6.49. The van der Waals surface area contributed by atoms with Gasteiger partial charge < -0.3 is 15.5 Å². The Hall–Kier alpha value is -3.89. The van der Waals surface area contributed by atoms with E-state index in [4.69, 9.17) is 5.11 Å². The van der Waals surface area contributed by atoms with Crippen LogP contribution in [0.1, 0.15) is 34.1 Å². The summed E-state index contributed by atoms with van der Waals surface area (Å²) in [6.07, 6.45) is -5.18. The highest BCUT2D eigenvalue weighted by atomic mass is 19.4. The fourth-order valence-corrected chi connectivity index (χ4v) is 2.85. The monoisotopic (exact) mass is 437 g/mol. The van der Waals surface area contributed by atoms with Crippen LogP contribution in [0.5, 0.6) is 5.88 Å². The van der Waals surface area contributed by atoms with Gasteiger partial charge in [-0.2, -0.15) is 23.0 Å². The summed E-state index contributed by atoms with van der Waals surface area (Å²) in [5, 5.41) is 25.3. The number of nitrogens with zero attached hydrogens (tertiary/aromatic N) is 2. The van der Waals surface area contributed by atoms with E-state index in [1.165, 1.54) is 18.2 Å². The Labute approximate surface area is 172 Å². The van der Waals surface area contributed by atoms with Gasteiger partial charge in [-0.15, -0.1) is 0 Å². The molecule has 1 amide bonds. The molecular formula is C20H15F4N3O4. The van der Waals surface area contributed by atoms with Gasteiger partial charge in [0.15, 0.2) is 5.69 Å². The molecule has 0 aliphatic heterocycles. The van der Waals surface area contributed by atoms with Crippen molar-refractivity contribution in [2.24, 2.45) is 0 Å². The van der Waals surface area contributed by atoms with E-state index in [1.807, 2.05) is 0 Å². The number of aromatic nitrogens is 2. The molecule has 1 atom stereocenters. The lowest BCUT2D eigenvalue weighted by atomic mass is 10.0. The van der Waals surface area contributed by atoms with Gasteiger partial charge >= 0.3 is 12.1 Å². The van der Waals surface area contributed by atoms with E-state index >= 15 is 0 Å². The maximum atomic E-state index is 13.9. The lowest BCUT2D eigenvalue weighted by molar-refractivity contribution is -0.138. The molecule has 31 heavy (non-hydrogen) atoms. The number of amides is 1. The summed E-state index contributed by atoms with van der Waals surface area (Å²) in [6.45, 7) is 0. The predicted octanol–water partition coefficient (Wildman–Crippen LogP) is 3.68. The Morgan fingerprint density at radius 3 is 2.32 bits per heavy atom. The summed E-state index contributed by atoms with van der Waals surface area (Å²) in [5.74, 6) is -3.46. The molecule has 3 aromatic rings. The Morgan fingerprint density at radius 1 is 1.10 bits per heavy atom. The fraction of sp³-hybridized carbons (Fsp3) is 0.150. The first-order valence-corrected chi connectivity index (χ1v) is 8.80. The zero-order valence-electron chi connectivity index (χ0n) is 15.6. The Bertz CT molecular complexity index is 1110. The first-order valence-electron chi connectivity index (χ1n) is 8.80. The van der Waals surface area contributed by atoms with Gasteiger partial charge in [0.05, 0.1) is 18.0 Å². The highest BCUT2D eigenvalue weighted by Gasteiger charge is 2.30. The van der Waals surface area contributed by atoms with Gasteiger partial charge in [0, 0.05) is 6.07 Å². The number of carbonyl (C=O) groups is 2. The summed E-state index contributed by atoms with van der Waals surface area (Å²) in [7, 11) is 0. The smallest absolute Gasteiger partial charge is 0.416 e. The Balaban J connectivity index is 1.86.